The van der Waals surface area contributed by atoms with E-state index in [9.17, 15) is 4.79 Å². The van der Waals surface area contributed by atoms with Crippen LogP contribution in [0.3, 0.4) is 0 Å². The summed E-state index contributed by atoms with van der Waals surface area (Å²) < 4.78 is 12.8. The van der Waals surface area contributed by atoms with Crippen molar-refractivity contribution in [1.82, 2.24) is 14.9 Å². The highest BCUT2D eigenvalue weighted by Crippen LogP contribution is 2.19. The van der Waals surface area contributed by atoms with E-state index in [2.05, 4.69) is 10.3 Å². The van der Waals surface area contributed by atoms with Crippen LogP contribution in [0.2, 0.25) is 0 Å². The van der Waals surface area contributed by atoms with Gasteiger partial charge in [0.15, 0.2) is 6.10 Å². The Morgan fingerprint density at radius 1 is 1.15 bits per heavy atom. The highest BCUT2D eigenvalue weighted by atomic mass is 16.5. The number of aromatic nitrogens is 2. The first-order chi connectivity index (χ1) is 13.1. The van der Waals surface area contributed by atoms with Crippen LogP contribution in [0.4, 0.5) is 0 Å². The molecular formula is C21H23N3O3. The van der Waals surface area contributed by atoms with E-state index in [-0.39, 0.29) is 5.91 Å². The monoisotopic (exact) mass is 365 g/mol. The Bertz CT molecular complexity index is 903. The Hall–Kier alpha value is -3.28. The summed E-state index contributed by atoms with van der Waals surface area (Å²) in [6.45, 7) is 4.08. The van der Waals surface area contributed by atoms with Crippen molar-refractivity contribution in [3.63, 3.8) is 0 Å². The third-order valence-corrected chi connectivity index (χ3v) is 4.27. The molecule has 0 radical (unpaired) electrons. The number of rotatable bonds is 7. The van der Waals surface area contributed by atoms with Gasteiger partial charge in [0, 0.05) is 18.9 Å². The Kier molecular flexibility index (Phi) is 5.76. The van der Waals surface area contributed by atoms with Crippen LogP contribution >= 0.6 is 0 Å². The number of hydrogen-bond donors (Lipinski definition) is 1. The number of ether oxygens (including phenoxy) is 2. The maximum absolute atomic E-state index is 12.4. The number of nitrogens with zero attached hydrogens (tertiary/aromatic N) is 2. The molecule has 6 heteroatoms. The lowest BCUT2D eigenvalue weighted by molar-refractivity contribution is -0.127. The molecule has 0 saturated carbocycles. The van der Waals surface area contributed by atoms with E-state index >= 15 is 0 Å². The predicted octanol–water partition coefficient (Wildman–Crippen LogP) is 3.27. The molecule has 1 aromatic heterocycles. The normalized spacial score (nSPS) is 11.7. The van der Waals surface area contributed by atoms with Gasteiger partial charge in [0.1, 0.15) is 17.3 Å². The highest BCUT2D eigenvalue weighted by Gasteiger charge is 2.15. The summed E-state index contributed by atoms with van der Waals surface area (Å²) in [6, 6.07) is 15.1. The van der Waals surface area contributed by atoms with Crippen molar-refractivity contribution in [3.8, 4) is 17.2 Å². The van der Waals surface area contributed by atoms with Crippen molar-refractivity contribution >= 4 is 5.91 Å². The zero-order valence-electron chi connectivity index (χ0n) is 15.7. The average Bonchev–Trinajstić information content (AvgIpc) is 3.12. The fourth-order valence-corrected chi connectivity index (χ4v) is 2.77. The van der Waals surface area contributed by atoms with E-state index in [0.29, 0.717) is 12.3 Å². The van der Waals surface area contributed by atoms with Crippen LogP contribution in [-0.2, 0) is 11.3 Å². The number of aryl methyl sites for hydroxylation is 1. The fourth-order valence-electron chi connectivity index (χ4n) is 2.77. The maximum Gasteiger partial charge on any atom is 0.261 e. The number of methoxy groups -OCH3 is 1. The first kappa shape index (κ1) is 18.5. The molecule has 1 amide bonds. The van der Waals surface area contributed by atoms with Crippen LogP contribution in [0.5, 0.6) is 11.5 Å². The molecule has 0 fully saturated rings. The fraction of sp³-hybridized carbons (Fsp3) is 0.238. The maximum atomic E-state index is 12.4. The van der Waals surface area contributed by atoms with Gasteiger partial charge in [0.2, 0.25) is 0 Å². The molecule has 6 nitrogen and oxygen atoms in total. The summed E-state index contributed by atoms with van der Waals surface area (Å²) in [7, 11) is 1.61. The minimum Gasteiger partial charge on any atom is -0.497 e. The van der Waals surface area contributed by atoms with Crippen molar-refractivity contribution < 1.29 is 14.3 Å². The Morgan fingerprint density at radius 3 is 2.52 bits per heavy atom. The number of nitrogens with one attached hydrogen (secondary N) is 1. The largest absolute Gasteiger partial charge is 0.497 e. The van der Waals surface area contributed by atoms with E-state index in [0.717, 1.165) is 22.8 Å². The molecule has 0 aliphatic heterocycles. The van der Waals surface area contributed by atoms with E-state index in [1.54, 1.807) is 44.5 Å². The summed E-state index contributed by atoms with van der Waals surface area (Å²) >= 11 is 0. The number of amides is 1. The molecule has 0 spiro atoms. The standard InChI is InChI=1S/C21H23N3O3/c1-15(27-19-10-8-18(26-3)9-11-19)21(25)23-14-17-6-4-5-7-20(17)24-13-12-22-16(24)2/h4-13,15H,14H2,1-3H3,(H,23,25)/t15-/m0/s1. The van der Waals surface area contributed by atoms with Crippen LogP contribution in [0.25, 0.3) is 5.69 Å². The Labute approximate surface area is 158 Å². The lowest BCUT2D eigenvalue weighted by atomic mass is 10.1. The third-order valence-electron chi connectivity index (χ3n) is 4.27. The SMILES string of the molecule is COc1ccc(O[C@@H](C)C(=O)NCc2ccccc2-n2ccnc2C)cc1. The summed E-state index contributed by atoms with van der Waals surface area (Å²) in [4.78, 5) is 16.7. The van der Waals surface area contributed by atoms with Gasteiger partial charge in [-0.15, -0.1) is 0 Å². The second-order valence-corrected chi connectivity index (χ2v) is 6.13. The number of carbonyl (C=O) groups excluding carboxylic acids is 1. The van der Waals surface area contributed by atoms with E-state index in [4.69, 9.17) is 9.47 Å². The summed E-state index contributed by atoms with van der Waals surface area (Å²) in [5.74, 6) is 2.08. The molecule has 0 bridgehead atoms. The van der Waals surface area contributed by atoms with Gasteiger partial charge >= 0.3 is 0 Å². The van der Waals surface area contributed by atoms with Crippen LogP contribution < -0.4 is 14.8 Å². The molecule has 140 valence electrons. The topological polar surface area (TPSA) is 65.4 Å². The Balaban J connectivity index is 1.63. The second kappa shape index (κ2) is 8.40. The van der Waals surface area contributed by atoms with Gasteiger partial charge < -0.3 is 19.4 Å². The lowest BCUT2D eigenvalue weighted by Crippen LogP contribution is -2.36. The molecule has 1 atom stereocenters. The molecule has 1 N–H and O–H groups in total. The van der Waals surface area contributed by atoms with Crippen molar-refractivity contribution in [1.29, 1.82) is 0 Å². The van der Waals surface area contributed by atoms with Gasteiger partial charge in [0.25, 0.3) is 5.91 Å². The first-order valence-corrected chi connectivity index (χ1v) is 8.75. The average molecular weight is 365 g/mol. The van der Waals surface area contributed by atoms with Crippen molar-refractivity contribution in [2.45, 2.75) is 26.5 Å². The van der Waals surface area contributed by atoms with E-state index in [1.807, 2.05) is 42.0 Å². The first-order valence-electron chi connectivity index (χ1n) is 8.75. The summed E-state index contributed by atoms with van der Waals surface area (Å²) in [5, 5.41) is 2.94. The number of carbonyl (C=O) groups is 1. The Morgan fingerprint density at radius 2 is 1.85 bits per heavy atom. The van der Waals surface area contributed by atoms with Crippen molar-refractivity contribution in [2.75, 3.05) is 7.11 Å². The highest BCUT2D eigenvalue weighted by molar-refractivity contribution is 5.80. The molecule has 27 heavy (non-hydrogen) atoms. The smallest absolute Gasteiger partial charge is 0.261 e. The van der Waals surface area contributed by atoms with Crippen LogP contribution in [0.1, 0.15) is 18.3 Å². The van der Waals surface area contributed by atoms with E-state index < -0.39 is 6.10 Å². The minimum absolute atomic E-state index is 0.178. The van der Waals surface area contributed by atoms with Crippen LogP contribution in [0, 0.1) is 6.92 Å². The molecule has 1 heterocycles. The number of benzene rings is 2. The zero-order valence-corrected chi connectivity index (χ0v) is 15.7. The molecule has 2 aromatic carbocycles. The number of para-hydroxylation sites is 1. The minimum atomic E-state index is -0.611. The third kappa shape index (κ3) is 4.47. The summed E-state index contributed by atoms with van der Waals surface area (Å²) in [5.41, 5.74) is 2.00. The van der Waals surface area contributed by atoms with Crippen LogP contribution in [0.15, 0.2) is 60.9 Å². The number of imidazole rings is 1. The van der Waals surface area contributed by atoms with Gasteiger partial charge in [-0.1, -0.05) is 18.2 Å². The van der Waals surface area contributed by atoms with Gasteiger partial charge in [-0.25, -0.2) is 4.98 Å². The van der Waals surface area contributed by atoms with Crippen molar-refractivity contribution in [3.05, 3.63) is 72.3 Å². The summed E-state index contributed by atoms with van der Waals surface area (Å²) in [6.07, 6.45) is 3.06. The predicted molar refractivity (Wildman–Crippen MR) is 103 cm³/mol. The molecule has 0 aliphatic rings. The van der Waals surface area contributed by atoms with Gasteiger partial charge in [-0.05, 0) is 49.7 Å². The molecule has 0 saturated heterocycles. The quantitative estimate of drug-likeness (QED) is 0.698. The molecule has 0 unspecified atom stereocenters. The van der Waals surface area contributed by atoms with E-state index in [1.165, 1.54) is 0 Å². The molecule has 3 rings (SSSR count). The lowest BCUT2D eigenvalue weighted by Gasteiger charge is -2.16. The second-order valence-electron chi connectivity index (χ2n) is 6.13. The zero-order chi connectivity index (χ0) is 19.2. The molecular weight excluding hydrogens is 342 g/mol. The number of hydrogen-bond acceptors (Lipinski definition) is 4. The van der Waals surface area contributed by atoms with Gasteiger partial charge in [0.05, 0.1) is 12.8 Å². The van der Waals surface area contributed by atoms with Crippen molar-refractivity contribution in [2.24, 2.45) is 0 Å². The van der Waals surface area contributed by atoms with Gasteiger partial charge in [-0.3, -0.25) is 4.79 Å². The molecule has 3 aromatic rings. The van der Waals surface area contributed by atoms with Crippen LogP contribution in [-0.4, -0.2) is 28.7 Å². The van der Waals surface area contributed by atoms with Gasteiger partial charge in [-0.2, -0.15) is 0 Å². The molecule has 0 aliphatic carbocycles.